The third kappa shape index (κ3) is 2.98. The van der Waals surface area contributed by atoms with Gasteiger partial charge in [0.25, 0.3) is 0 Å². The number of halogens is 1. The van der Waals surface area contributed by atoms with Crippen molar-refractivity contribution in [1.29, 1.82) is 0 Å². The highest BCUT2D eigenvalue weighted by molar-refractivity contribution is 7.80. The fraction of sp³-hybridized carbons (Fsp3) is 0.118. The van der Waals surface area contributed by atoms with Gasteiger partial charge < -0.3 is 0 Å². The number of hydrogen-bond donors (Lipinski definition) is 0. The van der Waals surface area contributed by atoms with E-state index in [-0.39, 0.29) is 17.5 Å². The Balaban J connectivity index is 1.76. The van der Waals surface area contributed by atoms with Crippen LogP contribution in [0.2, 0.25) is 0 Å². The second-order valence-electron chi connectivity index (χ2n) is 5.09. The molecular weight excluding hydrogens is 315 g/mol. The van der Waals surface area contributed by atoms with Gasteiger partial charge in [-0.15, -0.1) is 0 Å². The largest absolute Gasteiger partial charge is 0.323 e. The quantitative estimate of drug-likeness (QED) is 0.640. The summed E-state index contributed by atoms with van der Waals surface area (Å²) in [7, 11) is 0. The van der Waals surface area contributed by atoms with Crippen LogP contribution in [-0.2, 0) is 16.0 Å². The minimum absolute atomic E-state index is 0.174. The summed E-state index contributed by atoms with van der Waals surface area (Å²) in [5.74, 6) is -1.60. The SMILES string of the molecule is O=C1C(=O)N(c2ccccc2)C(=S)N1CCc1ccc(F)cc1. The Morgan fingerprint density at radius 3 is 2.22 bits per heavy atom. The molecule has 1 fully saturated rings. The van der Waals surface area contributed by atoms with Gasteiger partial charge in [0.2, 0.25) is 0 Å². The molecule has 0 unspecified atom stereocenters. The molecule has 2 amide bonds. The van der Waals surface area contributed by atoms with Crippen LogP contribution >= 0.6 is 12.2 Å². The maximum atomic E-state index is 12.9. The van der Waals surface area contributed by atoms with Gasteiger partial charge in [0.1, 0.15) is 5.82 Å². The van der Waals surface area contributed by atoms with Crippen molar-refractivity contribution < 1.29 is 14.0 Å². The molecule has 0 bridgehead atoms. The first-order valence-corrected chi connectivity index (χ1v) is 7.48. The molecular formula is C17H13FN2O2S. The van der Waals surface area contributed by atoms with Gasteiger partial charge in [-0.3, -0.25) is 14.5 Å². The van der Waals surface area contributed by atoms with Crippen LogP contribution in [0.4, 0.5) is 10.1 Å². The van der Waals surface area contributed by atoms with E-state index in [2.05, 4.69) is 0 Å². The highest BCUT2D eigenvalue weighted by Gasteiger charge is 2.41. The van der Waals surface area contributed by atoms with Gasteiger partial charge in [0, 0.05) is 6.54 Å². The molecule has 2 aromatic rings. The predicted molar refractivity (Wildman–Crippen MR) is 88.3 cm³/mol. The van der Waals surface area contributed by atoms with Crippen molar-refractivity contribution in [3.8, 4) is 0 Å². The average Bonchev–Trinajstić information content (AvgIpc) is 2.78. The first-order valence-electron chi connectivity index (χ1n) is 7.07. The predicted octanol–water partition coefficient (Wildman–Crippen LogP) is 2.53. The number of rotatable bonds is 4. The number of nitrogens with zero attached hydrogens (tertiary/aromatic N) is 2. The molecule has 4 nitrogen and oxygen atoms in total. The fourth-order valence-corrected chi connectivity index (χ4v) is 2.76. The van der Waals surface area contributed by atoms with Crippen LogP contribution in [0, 0.1) is 5.82 Å². The van der Waals surface area contributed by atoms with Gasteiger partial charge in [0.15, 0.2) is 5.11 Å². The molecule has 1 aliphatic heterocycles. The summed E-state index contributed by atoms with van der Waals surface area (Å²) in [6, 6.07) is 14.8. The third-order valence-electron chi connectivity index (χ3n) is 3.61. The van der Waals surface area contributed by atoms with E-state index in [1.807, 2.05) is 6.07 Å². The second kappa shape index (κ2) is 6.26. The summed E-state index contributed by atoms with van der Waals surface area (Å²) >= 11 is 5.28. The number of amides is 2. The van der Waals surface area contributed by atoms with Gasteiger partial charge in [0.05, 0.1) is 5.69 Å². The average molecular weight is 328 g/mol. The molecule has 116 valence electrons. The maximum absolute atomic E-state index is 12.9. The van der Waals surface area contributed by atoms with E-state index < -0.39 is 11.8 Å². The molecule has 0 saturated carbocycles. The fourth-order valence-electron chi connectivity index (χ4n) is 2.40. The zero-order valence-electron chi connectivity index (χ0n) is 12.1. The molecule has 0 aliphatic carbocycles. The zero-order valence-corrected chi connectivity index (χ0v) is 12.9. The number of para-hydroxylation sites is 1. The van der Waals surface area contributed by atoms with Gasteiger partial charge >= 0.3 is 11.8 Å². The first-order chi connectivity index (χ1) is 11.1. The normalized spacial score (nSPS) is 14.7. The standard InChI is InChI=1S/C17H13FN2O2S/c18-13-8-6-12(7-9-13)10-11-19-15(21)16(22)20(17(19)23)14-4-2-1-3-5-14/h1-9H,10-11H2. The van der Waals surface area contributed by atoms with E-state index in [0.29, 0.717) is 12.1 Å². The summed E-state index contributed by atoms with van der Waals surface area (Å²) in [5, 5.41) is 0.174. The topological polar surface area (TPSA) is 40.6 Å². The molecule has 3 rings (SSSR count). The van der Waals surface area contributed by atoms with Crippen molar-refractivity contribution in [2.24, 2.45) is 0 Å². The summed E-state index contributed by atoms with van der Waals surface area (Å²) < 4.78 is 12.9. The van der Waals surface area contributed by atoms with E-state index in [0.717, 1.165) is 5.56 Å². The summed E-state index contributed by atoms with van der Waals surface area (Å²) in [6.45, 7) is 0.276. The number of anilines is 1. The molecule has 0 aromatic heterocycles. The van der Waals surface area contributed by atoms with Crippen LogP contribution < -0.4 is 4.90 Å². The van der Waals surface area contributed by atoms with Crippen LogP contribution in [0.5, 0.6) is 0 Å². The lowest BCUT2D eigenvalue weighted by Crippen LogP contribution is -2.34. The van der Waals surface area contributed by atoms with Gasteiger partial charge in [-0.1, -0.05) is 30.3 Å². The Morgan fingerprint density at radius 2 is 1.57 bits per heavy atom. The number of carbonyl (C=O) groups excluding carboxylic acids is 2. The Labute approximate surface area is 138 Å². The van der Waals surface area contributed by atoms with E-state index in [1.165, 1.54) is 21.9 Å². The summed E-state index contributed by atoms with van der Waals surface area (Å²) in [4.78, 5) is 26.9. The van der Waals surface area contributed by atoms with E-state index >= 15 is 0 Å². The van der Waals surface area contributed by atoms with Crippen LogP contribution in [0.15, 0.2) is 54.6 Å². The Hall–Kier alpha value is -2.60. The number of thiocarbonyl (C=S) groups is 1. The van der Waals surface area contributed by atoms with Crippen LogP contribution in [0.25, 0.3) is 0 Å². The Bertz CT molecular complexity index is 762. The lowest BCUT2D eigenvalue weighted by atomic mass is 10.1. The molecule has 1 heterocycles. The molecule has 0 N–H and O–H groups in total. The van der Waals surface area contributed by atoms with Crippen molar-refractivity contribution in [3.05, 3.63) is 66.0 Å². The molecule has 0 radical (unpaired) electrons. The molecule has 0 spiro atoms. The van der Waals surface area contributed by atoms with Crippen LogP contribution in [0.3, 0.4) is 0 Å². The van der Waals surface area contributed by atoms with Gasteiger partial charge in [-0.2, -0.15) is 0 Å². The lowest BCUT2D eigenvalue weighted by Gasteiger charge is -2.18. The number of benzene rings is 2. The van der Waals surface area contributed by atoms with Crippen molar-refractivity contribution in [3.63, 3.8) is 0 Å². The van der Waals surface area contributed by atoms with E-state index in [1.54, 1.807) is 36.4 Å². The summed E-state index contributed by atoms with van der Waals surface area (Å²) in [5.41, 5.74) is 1.44. The molecule has 2 aromatic carbocycles. The van der Waals surface area contributed by atoms with Crippen molar-refractivity contribution in [2.45, 2.75) is 6.42 Å². The lowest BCUT2D eigenvalue weighted by molar-refractivity contribution is -0.139. The van der Waals surface area contributed by atoms with Crippen LogP contribution in [-0.4, -0.2) is 28.4 Å². The van der Waals surface area contributed by atoms with Crippen molar-refractivity contribution in [1.82, 2.24) is 4.90 Å². The smallest absolute Gasteiger partial charge is 0.280 e. The Kier molecular flexibility index (Phi) is 4.16. The highest BCUT2D eigenvalue weighted by atomic mass is 32.1. The minimum atomic E-state index is -0.652. The van der Waals surface area contributed by atoms with Crippen LogP contribution in [0.1, 0.15) is 5.56 Å². The first kappa shape index (κ1) is 15.3. The molecule has 23 heavy (non-hydrogen) atoms. The van der Waals surface area contributed by atoms with Gasteiger partial charge in [-0.25, -0.2) is 9.29 Å². The highest BCUT2D eigenvalue weighted by Crippen LogP contribution is 2.22. The molecule has 1 aliphatic rings. The van der Waals surface area contributed by atoms with Crippen molar-refractivity contribution in [2.75, 3.05) is 11.4 Å². The molecule has 0 atom stereocenters. The molecule has 1 saturated heterocycles. The van der Waals surface area contributed by atoms with E-state index in [4.69, 9.17) is 12.2 Å². The monoisotopic (exact) mass is 328 g/mol. The maximum Gasteiger partial charge on any atom is 0.323 e. The second-order valence-corrected chi connectivity index (χ2v) is 5.46. The third-order valence-corrected chi connectivity index (χ3v) is 4.01. The van der Waals surface area contributed by atoms with E-state index in [9.17, 15) is 14.0 Å². The van der Waals surface area contributed by atoms with Crippen molar-refractivity contribution >= 4 is 34.8 Å². The number of hydrogen-bond acceptors (Lipinski definition) is 3. The zero-order chi connectivity index (χ0) is 16.4. The van der Waals surface area contributed by atoms with Gasteiger partial charge in [-0.05, 0) is 48.5 Å². The Morgan fingerprint density at radius 1 is 0.913 bits per heavy atom. The number of carbonyl (C=O) groups is 2. The summed E-state index contributed by atoms with van der Waals surface area (Å²) in [6.07, 6.45) is 0.488. The minimum Gasteiger partial charge on any atom is -0.280 e. The molecule has 6 heteroatoms.